The second-order valence-corrected chi connectivity index (χ2v) is 5.10. The van der Waals surface area contributed by atoms with E-state index in [1.807, 2.05) is 20.8 Å². The van der Waals surface area contributed by atoms with Gasteiger partial charge in [-0.15, -0.1) is 0 Å². The first-order chi connectivity index (χ1) is 9.56. The third-order valence-electron chi connectivity index (χ3n) is 2.94. The third-order valence-corrected chi connectivity index (χ3v) is 2.94. The molecule has 0 aliphatic rings. The quantitative estimate of drug-likeness (QED) is 0.701. The van der Waals surface area contributed by atoms with Crippen LogP contribution in [-0.2, 0) is 4.74 Å². The van der Waals surface area contributed by atoms with E-state index in [9.17, 15) is 4.39 Å². The van der Waals surface area contributed by atoms with E-state index >= 15 is 0 Å². The molecule has 0 saturated carbocycles. The van der Waals surface area contributed by atoms with E-state index in [1.54, 1.807) is 12.1 Å². The Morgan fingerprint density at radius 2 is 1.95 bits per heavy atom. The van der Waals surface area contributed by atoms with Gasteiger partial charge in [0.2, 0.25) is 0 Å². The fourth-order valence-electron chi connectivity index (χ4n) is 1.96. The molecule has 1 aromatic rings. The number of benzene rings is 1. The Hall–Kier alpha value is -1.13. The predicted molar refractivity (Wildman–Crippen MR) is 79.7 cm³/mol. The fraction of sp³-hybridized carbons (Fsp3) is 0.625. The second-order valence-electron chi connectivity index (χ2n) is 5.10. The van der Waals surface area contributed by atoms with Crippen molar-refractivity contribution in [3.8, 4) is 5.75 Å². The van der Waals surface area contributed by atoms with Crippen molar-refractivity contribution in [2.75, 3.05) is 19.8 Å². The molecular weight excluding hydrogens is 257 g/mol. The zero-order chi connectivity index (χ0) is 15.0. The lowest BCUT2D eigenvalue weighted by molar-refractivity contribution is 0.0548. The molecule has 3 nitrogen and oxygen atoms in total. The first-order valence-electron chi connectivity index (χ1n) is 7.32. The molecule has 0 aromatic heterocycles. The maximum atomic E-state index is 14.0. The minimum Gasteiger partial charge on any atom is -0.491 e. The number of hydrogen-bond acceptors (Lipinski definition) is 3. The normalized spacial score (nSPS) is 12.7. The highest BCUT2D eigenvalue weighted by Crippen LogP contribution is 2.27. The average Bonchev–Trinajstić information content (AvgIpc) is 2.41. The monoisotopic (exact) mass is 283 g/mol. The second kappa shape index (κ2) is 8.93. The van der Waals surface area contributed by atoms with Crippen molar-refractivity contribution >= 4 is 0 Å². The summed E-state index contributed by atoms with van der Waals surface area (Å²) in [5, 5.41) is 3.29. The SMILES string of the molecule is CCCNC(C)c1c(F)cccc1OCCOC(C)C. The van der Waals surface area contributed by atoms with Gasteiger partial charge in [-0.2, -0.15) is 0 Å². The first kappa shape index (κ1) is 16.9. The Morgan fingerprint density at radius 3 is 2.60 bits per heavy atom. The molecule has 1 unspecified atom stereocenters. The molecule has 0 amide bonds. The summed E-state index contributed by atoms with van der Waals surface area (Å²) in [6, 6.07) is 4.87. The summed E-state index contributed by atoms with van der Waals surface area (Å²) < 4.78 is 25.1. The van der Waals surface area contributed by atoms with Gasteiger partial charge in [0, 0.05) is 11.6 Å². The van der Waals surface area contributed by atoms with Gasteiger partial charge in [0.1, 0.15) is 18.2 Å². The number of rotatable bonds is 9. The van der Waals surface area contributed by atoms with Crippen molar-refractivity contribution in [1.82, 2.24) is 5.32 Å². The summed E-state index contributed by atoms with van der Waals surface area (Å²) in [5.41, 5.74) is 0.588. The van der Waals surface area contributed by atoms with Crippen molar-refractivity contribution in [2.45, 2.75) is 46.3 Å². The van der Waals surface area contributed by atoms with Crippen molar-refractivity contribution in [1.29, 1.82) is 0 Å². The molecule has 0 aliphatic heterocycles. The lowest BCUT2D eigenvalue weighted by Gasteiger charge is -2.19. The van der Waals surface area contributed by atoms with E-state index in [4.69, 9.17) is 9.47 Å². The molecule has 1 aromatic carbocycles. The van der Waals surface area contributed by atoms with Gasteiger partial charge in [0.25, 0.3) is 0 Å². The zero-order valence-corrected chi connectivity index (χ0v) is 12.9. The van der Waals surface area contributed by atoms with Crippen molar-refractivity contribution in [3.63, 3.8) is 0 Å². The van der Waals surface area contributed by atoms with Crippen molar-refractivity contribution < 1.29 is 13.9 Å². The van der Waals surface area contributed by atoms with Crippen molar-refractivity contribution in [2.24, 2.45) is 0 Å². The average molecular weight is 283 g/mol. The zero-order valence-electron chi connectivity index (χ0n) is 12.9. The molecule has 1 atom stereocenters. The Morgan fingerprint density at radius 1 is 1.20 bits per heavy atom. The van der Waals surface area contributed by atoms with E-state index in [2.05, 4.69) is 12.2 Å². The Bertz CT molecular complexity index is 396. The largest absolute Gasteiger partial charge is 0.491 e. The van der Waals surface area contributed by atoms with E-state index in [0.717, 1.165) is 13.0 Å². The van der Waals surface area contributed by atoms with Gasteiger partial charge in [-0.25, -0.2) is 4.39 Å². The van der Waals surface area contributed by atoms with Gasteiger partial charge in [-0.3, -0.25) is 0 Å². The lowest BCUT2D eigenvalue weighted by atomic mass is 10.1. The van der Waals surface area contributed by atoms with Gasteiger partial charge < -0.3 is 14.8 Å². The van der Waals surface area contributed by atoms with Gasteiger partial charge in [0.05, 0.1) is 12.7 Å². The molecule has 1 N–H and O–H groups in total. The van der Waals surface area contributed by atoms with Crippen LogP contribution in [0.5, 0.6) is 5.75 Å². The van der Waals surface area contributed by atoms with Gasteiger partial charge >= 0.3 is 0 Å². The Balaban J connectivity index is 2.67. The minimum atomic E-state index is -0.233. The van der Waals surface area contributed by atoms with Crippen LogP contribution in [0.25, 0.3) is 0 Å². The summed E-state index contributed by atoms with van der Waals surface area (Å²) in [6.07, 6.45) is 1.19. The summed E-state index contributed by atoms with van der Waals surface area (Å²) >= 11 is 0. The number of halogens is 1. The summed E-state index contributed by atoms with van der Waals surface area (Å²) in [7, 11) is 0. The van der Waals surface area contributed by atoms with Crippen LogP contribution in [0.1, 0.15) is 45.7 Å². The topological polar surface area (TPSA) is 30.5 Å². The van der Waals surface area contributed by atoms with E-state index < -0.39 is 0 Å². The van der Waals surface area contributed by atoms with Crippen LogP contribution in [-0.4, -0.2) is 25.9 Å². The highest BCUT2D eigenvalue weighted by Gasteiger charge is 2.16. The van der Waals surface area contributed by atoms with E-state index in [-0.39, 0.29) is 18.0 Å². The molecule has 0 heterocycles. The smallest absolute Gasteiger partial charge is 0.131 e. The molecule has 0 aliphatic carbocycles. The molecule has 0 bridgehead atoms. The predicted octanol–water partition coefficient (Wildman–Crippen LogP) is 3.69. The molecule has 0 fully saturated rings. The Labute approximate surface area is 121 Å². The Kier molecular flexibility index (Phi) is 7.55. The molecule has 114 valence electrons. The van der Waals surface area contributed by atoms with Crippen LogP contribution in [0.3, 0.4) is 0 Å². The van der Waals surface area contributed by atoms with Crippen LogP contribution in [0, 0.1) is 5.82 Å². The van der Waals surface area contributed by atoms with Gasteiger partial charge in [-0.05, 0) is 45.9 Å². The lowest BCUT2D eigenvalue weighted by Crippen LogP contribution is -2.21. The highest BCUT2D eigenvalue weighted by atomic mass is 19.1. The molecule has 1 rings (SSSR count). The molecule has 4 heteroatoms. The number of ether oxygens (including phenoxy) is 2. The van der Waals surface area contributed by atoms with Gasteiger partial charge in [0.15, 0.2) is 0 Å². The molecular formula is C16H26FNO2. The first-order valence-corrected chi connectivity index (χ1v) is 7.32. The maximum Gasteiger partial charge on any atom is 0.131 e. The molecule has 0 saturated heterocycles. The third kappa shape index (κ3) is 5.47. The van der Waals surface area contributed by atoms with Crippen LogP contribution >= 0.6 is 0 Å². The summed E-state index contributed by atoms with van der Waals surface area (Å²) in [6.45, 7) is 9.77. The summed E-state index contributed by atoms with van der Waals surface area (Å²) in [4.78, 5) is 0. The van der Waals surface area contributed by atoms with Crippen LogP contribution < -0.4 is 10.1 Å². The van der Waals surface area contributed by atoms with Crippen LogP contribution in [0.4, 0.5) is 4.39 Å². The maximum absolute atomic E-state index is 14.0. The van der Waals surface area contributed by atoms with Crippen LogP contribution in [0.15, 0.2) is 18.2 Å². The molecule has 20 heavy (non-hydrogen) atoms. The fourth-order valence-corrected chi connectivity index (χ4v) is 1.96. The van der Waals surface area contributed by atoms with E-state index in [0.29, 0.717) is 24.5 Å². The van der Waals surface area contributed by atoms with Crippen LogP contribution in [0.2, 0.25) is 0 Å². The number of nitrogens with one attached hydrogen (secondary N) is 1. The van der Waals surface area contributed by atoms with Crippen molar-refractivity contribution in [3.05, 3.63) is 29.6 Å². The van der Waals surface area contributed by atoms with E-state index in [1.165, 1.54) is 6.07 Å². The highest BCUT2D eigenvalue weighted by molar-refractivity contribution is 5.37. The minimum absolute atomic E-state index is 0.0721. The molecule has 0 radical (unpaired) electrons. The number of hydrogen-bond donors (Lipinski definition) is 1. The summed E-state index contributed by atoms with van der Waals surface area (Å²) in [5.74, 6) is 0.358. The standard InChI is InChI=1S/C16H26FNO2/c1-5-9-18-13(4)16-14(17)7-6-8-15(16)20-11-10-19-12(2)3/h6-8,12-13,18H,5,9-11H2,1-4H3. The van der Waals surface area contributed by atoms with Gasteiger partial charge in [-0.1, -0.05) is 13.0 Å². The molecule has 0 spiro atoms.